The number of carbonyl (C=O) groups is 1. The Morgan fingerprint density at radius 2 is 1.81 bits per heavy atom. The largest absolute Gasteiger partial charge is 0.326 e. The molecule has 0 atom stereocenters. The minimum Gasteiger partial charge on any atom is -0.326 e. The van der Waals surface area contributed by atoms with E-state index in [1.165, 1.54) is 0 Å². The average Bonchev–Trinajstić information content (AvgIpc) is 2.48. The van der Waals surface area contributed by atoms with E-state index in [4.69, 9.17) is 0 Å². The first-order valence-corrected chi connectivity index (χ1v) is 8.36. The van der Waals surface area contributed by atoms with Crippen LogP contribution in [0.2, 0.25) is 0 Å². The lowest BCUT2D eigenvalue weighted by atomic mass is 10.2. The molecule has 2 rings (SSSR count). The van der Waals surface area contributed by atoms with E-state index in [2.05, 4.69) is 44.9 Å². The molecule has 1 N–H and O–H groups in total. The highest BCUT2D eigenvalue weighted by atomic mass is 79.9. The Labute approximate surface area is 135 Å². The van der Waals surface area contributed by atoms with Crippen molar-refractivity contribution in [1.82, 2.24) is 9.80 Å². The van der Waals surface area contributed by atoms with E-state index in [1.807, 2.05) is 24.3 Å². The van der Waals surface area contributed by atoms with Gasteiger partial charge in [0, 0.05) is 55.3 Å². The molecule has 116 valence electrons. The molecular weight excluding hydrogens is 330 g/mol. The number of nitrogens with one attached hydrogen (secondary N) is 1. The van der Waals surface area contributed by atoms with Crippen molar-refractivity contribution in [2.75, 3.05) is 38.0 Å². The fourth-order valence-electron chi connectivity index (χ4n) is 2.52. The number of hydrogen-bond donors (Lipinski definition) is 1. The summed E-state index contributed by atoms with van der Waals surface area (Å²) in [4.78, 5) is 16.8. The zero-order chi connectivity index (χ0) is 15.2. The fourth-order valence-corrected chi connectivity index (χ4v) is 2.78. The van der Waals surface area contributed by atoms with Gasteiger partial charge >= 0.3 is 0 Å². The number of rotatable bonds is 5. The number of benzene rings is 1. The van der Waals surface area contributed by atoms with Crippen molar-refractivity contribution in [3.8, 4) is 0 Å². The topological polar surface area (TPSA) is 35.6 Å². The zero-order valence-electron chi connectivity index (χ0n) is 12.8. The van der Waals surface area contributed by atoms with Crippen LogP contribution in [-0.4, -0.2) is 54.5 Å². The van der Waals surface area contributed by atoms with Gasteiger partial charge in [-0.25, -0.2) is 0 Å². The Kier molecular flexibility index (Phi) is 6.21. The van der Waals surface area contributed by atoms with Crippen molar-refractivity contribution >= 4 is 27.5 Å². The predicted molar refractivity (Wildman–Crippen MR) is 90.5 cm³/mol. The Hall–Kier alpha value is -0.910. The van der Waals surface area contributed by atoms with Gasteiger partial charge in [0.2, 0.25) is 5.91 Å². The third-order valence-corrected chi connectivity index (χ3v) is 4.45. The number of carbonyl (C=O) groups excluding carboxylic acids is 1. The molecule has 21 heavy (non-hydrogen) atoms. The van der Waals surface area contributed by atoms with Crippen LogP contribution in [0.3, 0.4) is 0 Å². The van der Waals surface area contributed by atoms with E-state index in [9.17, 15) is 4.79 Å². The Morgan fingerprint density at radius 1 is 1.19 bits per heavy atom. The van der Waals surface area contributed by atoms with Gasteiger partial charge in [-0.2, -0.15) is 0 Å². The van der Waals surface area contributed by atoms with Crippen LogP contribution in [0.1, 0.15) is 20.3 Å². The molecule has 1 aromatic carbocycles. The highest BCUT2D eigenvalue weighted by molar-refractivity contribution is 9.10. The summed E-state index contributed by atoms with van der Waals surface area (Å²) in [5.74, 6) is 0.0867. The lowest BCUT2D eigenvalue weighted by Gasteiger charge is -2.36. The van der Waals surface area contributed by atoms with Gasteiger partial charge < -0.3 is 10.2 Å². The summed E-state index contributed by atoms with van der Waals surface area (Å²) in [7, 11) is 0. The van der Waals surface area contributed by atoms with Crippen molar-refractivity contribution in [3.05, 3.63) is 28.7 Å². The van der Waals surface area contributed by atoms with Crippen molar-refractivity contribution in [2.24, 2.45) is 0 Å². The molecule has 5 heteroatoms. The summed E-state index contributed by atoms with van der Waals surface area (Å²) in [5, 5.41) is 2.94. The molecule has 1 aliphatic rings. The molecule has 1 saturated heterocycles. The second-order valence-corrected chi connectivity index (χ2v) is 6.69. The minimum absolute atomic E-state index is 0.0867. The van der Waals surface area contributed by atoms with Crippen molar-refractivity contribution in [3.63, 3.8) is 0 Å². The second-order valence-electron chi connectivity index (χ2n) is 5.78. The summed E-state index contributed by atoms with van der Waals surface area (Å²) in [6, 6.07) is 8.29. The van der Waals surface area contributed by atoms with Gasteiger partial charge in [0.1, 0.15) is 0 Å². The van der Waals surface area contributed by atoms with Gasteiger partial charge in [0.05, 0.1) is 0 Å². The Balaban J connectivity index is 1.69. The molecule has 1 aliphatic heterocycles. The molecule has 0 saturated carbocycles. The van der Waals surface area contributed by atoms with Crippen LogP contribution >= 0.6 is 15.9 Å². The maximum atomic E-state index is 12.0. The van der Waals surface area contributed by atoms with Gasteiger partial charge in [-0.05, 0) is 38.1 Å². The average molecular weight is 354 g/mol. The first kappa shape index (κ1) is 16.5. The first-order valence-electron chi connectivity index (χ1n) is 7.56. The van der Waals surface area contributed by atoms with Crippen molar-refractivity contribution < 1.29 is 4.79 Å². The maximum Gasteiger partial charge on any atom is 0.225 e. The van der Waals surface area contributed by atoms with E-state index < -0.39 is 0 Å². The summed E-state index contributed by atoms with van der Waals surface area (Å²) in [5.41, 5.74) is 0.854. The number of hydrogen-bond acceptors (Lipinski definition) is 3. The molecule has 0 unspecified atom stereocenters. The number of anilines is 1. The summed E-state index contributed by atoms with van der Waals surface area (Å²) >= 11 is 3.39. The fraction of sp³-hybridized carbons (Fsp3) is 0.562. The van der Waals surface area contributed by atoms with Crippen LogP contribution in [0.25, 0.3) is 0 Å². The smallest absolute Gasteiger partial charge is 0.225 e. The molecule has 1 heterocycles. The quantitative estimate of drug-likeness (QED) is 0.883. The molecule has 0 aliphatic carbocycles. The summed E-state index contributed by atoms with van der Waals surface area (Å²) in [6.07, 6.45) is 0.553. The standard InChI is InChI=1S/C16H24BrN3O/c1-13(2)20-11-9-19(10-12-20)8-7-16(21)18-15-5-3-14(17)4-6-15/h3-6,13H,7-12H2,1-2H3,(H,18,21). The predicted octanol–water partition coefficient (Wildman–Crippen LogP) is 2.80. The number of amides is 1. The number of halogens is 1. The molecular formula is C16H24BrN3O. The molecule has 0 spiro atoms. The Morgan fingerprint density at radius 3 is 2.38 bits per heavy atom. The molecule has 4 nitrogen and oxygen atoms in total. The highest BCUT2D eigenvalue weighted by Gasteiger charge is 2.18. The van der Waals surface area contributed by atoms with Crippen LogP contribution in [0.15, 0.2) is 28.7 Å². The van der Waals surface area contributed by atoms with E-state index >= 15 is 0 Å². The highest BCUT2D eigenvalue weighted by Crippen LogP contribution is 2.14. The van der Waals surface area contributed by atoms with Crippen LogP contribution < -0.4 is 5.32 Å². The third-order valence-electron chi connectivity index (χ3n) is 3.92. The monoisotopic (exact) mass is 353 g/mol. The second kappa shape index (κ2) is 7.92. The van der Waals surface area contributed by atoms with Crippen LogP contribution in [0.5, 0.6) is 0 Å². The SMILES string of the molecule is CC(C)N1CCN(CCC(=O)Nc2ccc(Br)cc2)CC1. The van der Waals surface area contributed by atoms with Gasteiger partial charge in [-0.15, -0.1) is 0 Å². The van der Waals surface area contributed by atoms with E-state index in [0.717, 1.165) is 42.9 Å². The molecule has 1 fully saturated rings. The van der Waals surface area contributed by atoms with Gasteiger partial charge in [-0.1, -0.05) is 15.9 Å². The van der Waals surface area contributed by atoms with Crippen LogP contribution in [-0.2, 0) is 4.79 Å². The molecule has 0 bridgehead atoms. The van der Waals surface area contributed by atoms with E-state index in [1.54, 1.807) is 0 Å². The lowest BCUT2D eigenvalue weighted by molar-refractivity contribution is -0.116. The Bertz CT molecular complexity index is 453. The molecule has 0 aromatic heterocycles. The van der Waals surface area contributed by atoms with Gasteiger partial charge in [0.15, 0.2) is 0 Å². The van der Waals surface area contributed by atoms with Crippen molar-refractivity contribution in [1.29, 1.82) is 0 Å². The summed E-state index contributed by atoms with van der Waals surface area (Å²) in [6.45, 7) is 9.64. The molecule has 0 radical (unpaired) electrons. The zero-order valence-corrected chi connectivity index (χ0v) is 14.4. The lowest BCUT2D eigenvalue weighted by Crippen LogP contribution is -2.49. The first-order chi connectivity index (χ1) is 10.0. The summed E-state index contributed by atoms with van der Waals surface area (Å²) < 4.78 is 1.02. The van der Waals surface area contributed by atoms with E-state index in [0.29, 0.717) is 12.5 Å². The molecule has 1 aromatic rings. The van der Waals surface area contributed by atoms with Crippen molar-refractivity contribution in [2.45, 2.75) is 26.3 Å². The minimum atomic E-state index is 0.0867. The normalized spacial score (nSPS) is 17.1. The maximum absolute atomic E-state index is 12.0. The van der Waals surface area contributed by atoms with Gasteiger partial charge in [-0.3, -0.25) is 9.69 Å². The number of nitrogens with zero attached hydrogens (tertiary/aromatic N) is 2. The van der Waals surface area contributed by atoms with Gasteiger partial charge in [0.25, 0.3) is 0 Å². The van der Waals surface area contributed by atoms with E-state index in [-0.39, 0.29) is 5.91 Å². The van der Waals surface area contributed by atoms with Crippen LogP contribution in [0.4, 0.5) is 5.69 Å². The number of piperazine rings is 1. The third kappa shape index (κ3) is 5.41. The molecule has 1 amide bonds. The van der Waals surface area contributed by atoms with Crippen LogP contribution in [0, 0.1) is 0 Å².